The fraction of sp³-hybridized carbons (Fsp3) is 1.00. The number of hydrogen-bond acceptors (Lipinski definition) is 2. The smallest absolute Gasteiger partial charge is 0.0798 e. The fourth-order valence-electron chi connectivity index (χ4n) is 4.27. The van der Waals surface area contributed by atoms with Crippen molar-refractivity contribution in [2.75, 3.05) is 13.1 Å². The Kier molecular flexibility index (Phi) is 4.81. The zero-order chi connectivity index (χ0) is 13.1. The van der Waals surface area contributed by atoms with Gasteiger partial charge in [0.05, 0.1) is 6.10 Å². The van der Waals surface area contributed by atoms with Gasteiger partial charge in [0.2, 0.25) is 0 Å². The zero-order valence-corrected chi connectivity index (χ0v) is 12.7. The van der Waals surface area contributed by atoms with E-state index in [0.29, 0.717) is 6.10 Å². The van der Waals surface area contributed by atoms with Gasteiger partial charge in [0.1, 0.15) is 0 Å². The van der Waals surface area contributed by atoms with Crippen molar-refractivity contribution in [3.8, 4) is 0 Å². The first kappa shape index (κ1) is 13.9. The molecule has 3 aliphatic rings. The van der Waals surface area contributed by atoms with Crippen molar-refractivity contribution in [1.82, 2.24) is 5.06 Å². The van der Waals surface area contributed by atoms with E-state index in [1.165, 1.54) is 77.3 Å². The lowest BCUT2D eigenvalue weighted by Crippen LogP contribution is -2.41. The predicted octanol–water partition coefficient (Wildman–Crippen LogP) is 4.40. The summed E-state index contributed by atoms with van der Waals surface area (Å²) >= 11 is 0. The second-order valence-electron chi connectivity index (χ2n) is 7.42. The van der Waals surface area contributed by atoms with Gasteiger partial charge in [-0.2, -0.15) is 5.06 Å². The van der Waals surface area contributed by atoms with Gasteiger partial charge < -0.3 is 0 Å². The van der Waals surface area contributed by atoms with E-state index < -0.39 is 0 Å². The van der Waals surface area contributed by atoms with Crippen molar-refractivity contribution in [2.45, 2.75) is 77.2 Å². The second-order valence-corrected chi connectivity index (χ2v) is 7.42. The minimum atomic E-state index is 0.546. The number of hydrogen-bond donors (Lipinski definition) is 0. The van der Waals surface area contributed by atoms with Gasteiger partial charge in [-0.25, -0.2) is 0 Å². The van der Waals surface area contributed by atoms with E-state index in [2.05, 4.69) is 12.0 Å². The first-order valence-corrected chi connectivity index (χ1v) is 8.71. The Morgan fingerprint density at radius 3 is 2.16 bits per heavy atom. The van der Waals surface area contributed by atoms with Crippen LogP contribution in [0.4, 0.5) is 0 Å². The van der Waals surface area contributed by atoms with Crippen LogP contribution in [0.25, 0.3) is 0 Å². The molecule has 0 unspecified atom stereocenters. The predicted molar refractivity (Wildman–Crippen MR) is 78.8 cm³/mol. The van der Waals surface area contributed by atoms with Gasteiger partial charge in [0, 0.05) is 13.1 Å². The molecule has 2 heteroatoms. The first-order valence-electron chi connectivity index (χ1n) is 8.71. The molecule has 0 aromatic heterocycles. The fourth-order valence-corrected chi connectivity index (χ4v) is 4.27. The van der Waals surface area contributed by atoms with Crippen LogP contribution >= 0.6 is 0 Å². The molecule has 2 nitrogen and oxygen atoms in total. The van der Waals surface area contributed by atoms with Crippen LogP contribution in [0.5, 0.6) is 0 Å². The zero-order valence-electron chi connectivity index (χ0n) is 12.7. The minimum Gasteiger partial charge on any atom is -0.296 e. The SMILES string of the molecule is CC1CC(ON2CCC(CC3CCCCC3)CC2)C1. The molecule has 1 aliphatic heterocycles. The van der Waals surface area contributed by atoms with E-state index in [-0.39, 0.29) is 0 Å². The van der Waals surface area contributed by atoms with E-state index >= 15 is 0 Å². The van der Waals surface area contributed by atoms with E-state index in [0.717, 1.165) is 17.8 Å². The van der Waals surface area contributed by atoms with Gasteiger partial charge in [-0.3, -0.25) is 4.84 Å². The van der Waals surface area contributed by atoms with Crippen molar-refractivity contribution >= 4 is 0 Å². The molecule has 1 saturated heterocycles. The van der Waals surface area contributed by atoms with Gasteiger partial charge in [0.25, 0.3) is 0 Å². The highest BCUT2D eigenvalue weighted by Gasteiger charge is 2.30. The van der Waals surface area contributed by atoms with Crippen molar-refractivity contribution in [2.24, 2.45) is 17.8 Å². The molecule has 0 bridgehead atoms. The van der Waals surface area contributed by atoms with Crippen LogP contribution in [-0.2, 0) is 4.84 Å². The number of piperidine rings is 1. The molecular weight excluding hydrogens is 234 g/mol. The van der Waals surface area contributed by atoms with Crippen LogP contribution in [0.1, 0.15) is 71.1 Å². The van der Waals surface area contributed by atoms with E-state index in [1.54, 1.807) is 0 Å². The number of nitrogens with zero attached hydrogens (tertiary/aromatic N) is 1. The lowest BCUT2D eigenvalue weighted by Gasteiger charge is -2.39. The third kappa shape index (κ3) is 3.95. The summed E-state index contributed by atoms with van der Waals surface area (Å²) in [5.74, 6) is 2.94. The third-order valence-corrected chi connectivity index (χ3v) is 5.59. The maximum Gasteiger partial charge on any atom is 0.0798 e. The normalized spacial score (nSPS) is 35.2. The Hall–Kier alpha value is -0.0800. The quantitative estimate of drug-likeness (QED) is 0.747. The van der Waals surface area contributed by atoms with Crippen LogP contribution in [0.3, 0.4) is 0 Å². The first-order chi connectivity index (χ1) is 9.29. The Morgan fingerprint density at radius 2 is 1.53 bits per heavy atom. The molecule has 110 valence electrons. The summed E-state index contributed by atoms with van der Waals surface area (Å²) in [5, 5.41) is 2.27. The molecule has 2 saturated carbocycles. The monoisotopic (exact) mass is 265 g/mol. The topological polar surface area (TPSA) is 12.5 Å². The van der Waals surface area contributed by atoms with Gasteiger partial charge in [0.15, 0.2) is 0 Å². The minimum absolute atomic E-state index is 0.546. The van der Waals surface area contributed by atoms with Crippen molar-refractivity contribution < 1.29 is 4.84 Å². The summed E-state index contributed by atoms with van der Waals surface area (Å²) in [6, 6.07) is 0. The van der Waals surface area contributed by atoms with Crippen LogP contribution < -0.4 is 0 Å². The second kappa shape index (κ2) is 6.58. The largest absolute Gasteiger partial charge is 0.296 e. The van der Waals surface area contributed by atoms with E-state index in [1.807, 2.05) is 0 Å². The Bertz CT molecular complexity index is 260. The standard InChI is InChI=1S/C17H31NO/c1-14-11-17(12-14)19-18-9-7-16(8-10-18)13-15-5-3-2-4-6-15/h14-17H,2-13H2,1H3. The highest BCUT2D eigenvalue weighted by molar-refractivity contribution is 4.78. The number of hydroxylamine groups is 2. The molecule has 0 atom stereocenters. The van der Waals surface area contributed by atoms with Gasteiger partial charge in [-0.05, 0) is 49.9 Å². The maximum absolute atomic E-state index is 6.07. The van der Waals surface area contributed by atoms with Crippen LogP contribution in [0, 0.1) is 17.8 Å². The molecular formula is C17H31NO. The molecule has 3 fully saturated rings. The van der Waals surface area contributed by atoms with Gasteiger partial charge in [-0.15, -0.1) is 0 Å². The summed E-state index contributed by atoms with van der Waals surface area (Å²) < 4.78 is 0. The average Bonchev–Trinajstić information content (AvgIpc) is 2.40. The Morgan fingerprint density at radius 1 is 0.895 bits per heavy atom. The maximum atomic E-state index is 6.07. The molecule has 0 radical (unpaired) electrons. The van der Waals surface area contributed by atoms with E-state index in [4.69, 9.17) is 4.84 Å². The molecule has 0 aromatic carbocycles. The average molecular weight is 265 g/mol. The van der Waals surface area contributed by atoms with Crippen molar-refractivity contribution in [3.63, 3.8) is 0 Å². The highest BCUT2D eigenvalue weighted by atomic mass is 16.7. The summed E-state index contributed by atoms with van der Waals surface area (Å²) in [7, 11) is 0. The molecule has 2 aliphatic carbocycles. The summed E-state index contributed by atoms with van der Waals surface area (Å²) in [6.07, 6.45) is 14.9. The van der Waals surface area contributed by atoms with Crippen molar-refractivity contribution in [1.29, 1.82) is 0 Å². The Balaban J connectivity index is 1.32. The van der Waals surface area contributed by atoms with E-state index in [9.17, 15) is 0 Å². The molecule has 0 amide bonds. The van der Waals surface area contributed by atoms with Crippen LogP contribution in [0.2, 0.25) is 0 Å². The van der Waals surface area contributed by atoms with Crippen LogP contribution in [0.15, 0.2) is 0 Å². The molecule has 19 heavy (non-hydrogen) atoms. The Labute approximate surface area is 118 Å². The summed E-state index contributed by atoms with van der Waals surface area (Å²) in [4.78, 5) is 6.07. The third-order valence-electron chi connectivity index (χ3n) is 5.59. The lowest BCUT2D eigenvalue weighted by atomic mass is 9.80. The molecule has 0 aromatic rings. The number of rotatable bonds is 4. The van der Waals surface area contributed by atoms with Gasteiger partial charge >= 0.3 is 0 Å². The summed E-state index contributed by atoms with van der Waals surface area (Å²) in [5.41, 5.74) is 0. The van der Waals surface area contributed by atoms with Gasteiger partial charge in [-0.1, -0.05) is 39.0 Å². The van der Waals surface area contributed by atoms with Crippen LogP contribution in [-0.4, -0.2) is 24.3 Å². The molecule has 0 N–H and O–H groups in total. The summed E-state index contributed by atoms with van der Waals surface area (Å²) in [6.45, 7) is 4.70. The molecule has 3 rings (SSSR count). The highest BCUT2D eigenvalue weighted by Crippen LogP contribution is 2.34. The molecule has 0 spiro atoms. The lowest BCUT2D eigenvalue weighted by molar-refractivity contribution is -0.236. The van der Waals surface area contributed by atoms with Crippen molar-refractivity contribution in [3.05, 3.63) is 0 Å². The molecule has 1 heterocycles.